The van der Waals surface area contributed by atoms with Gasteiger partial charge in [-0.25, -0.2) is 28.2 Å². The highest BCUT2D eigenvalue weighted by Crippen LogP contribution is 2.31. The van der Waals surface area contributed by atoms with E-state index in [-0.39, 0.29) is 17.1 Å². The monoisotopic (exact) mass is 483 g/mol. The lowest BCUT2D eigenvalue weighted by atomic mass is 10.3. The van der Waals surface area contributed by atoms with Gasteiger partial charge in [-0.05, 0) is 18.2 Å². The van der Waals surface area contributed by atoms with Gasteiger partial charge in [0.25, 0.3) is 17.1 Å². The van der Waals surface area contributed by atoms with Gasteiger partial charge in [0.2, 0.25) is 17.3 Å². The van der Waals surface area contributed by atoms with E-state index in [4.69, 9.17) is 0 Å². The number of benzene rings is 3. The van der Waals surface area contributed by atoms with Gasteiger partial charge in [0, 0.05) is 36.4 Å². The first-order chi connectivity index (χ1) is 17.3. The number of nitrogens with zero attached hydrogens (tertiary/aromatic N) is 9. The van der Waals surface area contributed by atoms with Crippen molar-refractivity contribution in [1.82, 2.24) is 28.2 Å². The van der Waals surface area contributed by atoms with Gasteiger partial charge in [0.15, 0.2) is 0 Å². The van der Waals surface area contributed by atoms with Crippen LogP contribution in [0.5, 0.6) is 0 Å². The predicted molar refractivity (Wildman–Crippen MR) is 125 cm³/mol. The van der Waals surface area contributed by atoms with Gasteiger partial charge in [-0.1, -0.05) is 0 Å². The van der Waals surface area contributed by atoms with Crippen molar-refractivity contribution < 1.29 is 14.8 Å². The summed E-state index contributed by atoms with van der Waals surface area (Å²) >= 11 is 0. The first-order valence-electron chi connectivity index (χ1n) is 10.3. The summed E-state index contributed by atoms with van der Waals surface area (Å²) in [6.07, 6.45) is 0. The SMILES string of the molecule is O=[N+]([O-])c1ccc2c(c1)nc1n2c2nc3cc([N+](=O)[O-])ccc3n2c2nc3cc([N+](=O)[O-])ccc3n12. The second-order valence-corrected chi connectivity index (χ2v) is 8.03. The molecule has 4 heterocycles. The van der Waals surface area contributed by atoms with Crippen LogP contribution >= 0.6 is 0 Å². The summed E-state index contributed by atoms with van der Waals surface area (Å²) in [7, 11) is 0. The quantitative estimate of drug-likeness (QED) is 0.266. The maximum Gasteiger partial charge on any atom is 0.271 e. The van der Waals surface area contributed by atoms with Crippen LogP contribution in [0.15, 0.2) is 54.6 Å². The van der Waals surface area contributed by atoms with Crippen molar-refractivity contribution in [3.05, 3.63) is 84.9 Å². The van der Waals surface area contributed by atoms with E-state index in [2.05, 4.69) is 15.0 Å². The number of nitro groups is 3. The highest BCUT2D eigenvalue weighted by atomic mass is 16.6. The van der Waals surface area contributed by atoms with E-state index >= 15 is 0 Å². The van der Waals surface area contributed by atoms with Gasteiger partial charge in [-0.3, -0.25) is 30.3 Å². The Labute approximate surface area is 195 Å². The lowest BCUT2D eigenvalue weighted by Gasteiger charge is -2.05. The summed E-state index contributed by atoms with van der Waals surface area (Å²) in [5.74, 6) is 0.942. The maximum absolute atomic E-state index is 11.3. The van der Waals surface area contributed by atoms with Crippen LogP contribution in [-0.2, 0) is 0 Å². The third-order valence-electron chi connectivity index (χ3n) is 6.09. The Kier molecular flexibility index (Phi) is 3.53. The van der Waals surface area contributed by atoms with Gasteiger partial charge in [-0.2, -0.15) is 0 Å². The minimum Gasteiger partial charge on any atom is -0.258 e. The minimum atomic E-state index is -0.524. The molecule has 7 aromatic rings. The molecule has 0 saturated carbocycles. The third kappa shape index (κ3) is 2.42. The summed E-state index contributed by atoms with van der Waals surface area (Å²) in [5.41, 5.74) is 2.06. The number of fused-ring (bicyclic) bond motifs is 12. The summed E-state index contributed by atoms with van der Waals surface area (Å²) in [6.45, 7) is 0. The molecule has 36 heavy (non-hydrogen) atoms. The number of imidazole rings is 3. The van der Waals surface area contributed by atoms with E-state index in [1.54, 1.807) is 31.4 Å². The summed E-state index contributed by atoms with van der Waals surface area (Å²) in [4.78, 5) is 46.3. The molecule has 174 valence electrons. The molecule has 0 N–H and O–H groups in total. The molecule has 4 aromatic heterocycles. The Morgan fingerprint density at radius 2 is 0.778 bits per heavy atom. The lowest BCUT2D eigenvalue weighted by molar-refractivity contribution is -0.384. The molecule has 15 heteroatoms. The van der Waals surface area contributed by atoms with E-state index in [1.807, 2.05) is 0 Å². The normalized spacial score (nSPS) is 12.0. The van der Waals surface area contributed by atoms with Crippen LogP contribution in [0, 0.1) is 30.3 Å². The Morgan fingerprint density at radius 3 is 1.03 bits per heavy atom. The minimum absolute atomic E-state index is 0.145. The molecule has 0 aliphatic carbocycles. The van der Waals surface area contributed by atoms with E-state index in [0.29, 0.717) is 50.4 Å². The van der Waals surface area contributed by atoms with Crippen molar-refractivity contribution in [2.24, 2.45) is 0 Å². The fourth-order valence-electron chi connectivity index (χ4n) is 4.55. The molecule has 0 saturated heterocycles. The second kappa shape index (κ2) is 6.44. The maximum atomic E-state index is 11.3. The number of hydrogen-bond acceptors (Lipinski definition) is 9. The highest BCUT2D eigenvalue weighted by molar-refractivity contribution is 5.92. The largest absolute Gasteiger partial charge is 0.271 e. The average molecular weight is 483 g/mol. The molecule has 0 radical (unpaired) electrons. The first kappa shape index (κ1) is 19.7. The zero-order chi connectivity index (χ0) is 24.9. The van der Waals surface area contributed by atoms with E-state index in [1.165, 1.54) is 36.4 Å². The molecular formula is C21H9N9O6. The molecule has 0 spiro atoms. The van der Waals surface area contributed by atoms with E-state index in [9.17, 15) is 30.3 Å². The summed E-state index contributed by atoms with van der Waals surface area (Å²) in [5, 5.41) is 34.0. The van der Waals surface area contributed by atoms with Crippen LogP contribution in [0.2, 0.25) is 0 Å². The zero-order valence-corrected chi connectivity index (χ0v) is 17.7. The molecule has 0 atom stereocenters. The number of non-ortho nitro benzene ring substituents is 3. The molecule has 0 amide bonds. The topological polar surface area (TPSA) is 181 Å². The predicted octanol–water partition coefficient (Wildman–Crippen LogP) is 3.81. The van der Waals surface area contributed by atoms with Crippen LogP contribution in [0.4, 0.5) is 17.1 Å². The molecule has 0 bridgehead atoms. The van der Waals surface area contributed by atoms with Gasteiger partial charge in [-0.15, -0.1) is 0 Å². The molecule has 0 fully saturated rings. The van der Waals surface area contributed by atoms with Crippen molar-refractivity contribution >= 4 is 67.5 Å². The smallest absolute Gasteiger partial charge is 0.258 e. The van der Waals surface area contributed by atoms with E-state index < -0.39 is 14.8 Å². The number of nitro benzene ring substituents is 3. The van der Waals surface area contributed by atoms with Crippen molar-refractivity contribution in [3.63, 3.8) is 0 Å². The Hall–Kier alpha value is -5.73. The van der Waals surface area contributed by atoms with Crippen LogP contribution in [0.1, 0.15) is 0 Å². The fraction of sp³-hybridized carbons (Fsp3) is 0. The van der Waals surface area contributed by atoms with E-state index in [0.717, 1.165) is 0 Å². The van der Waals surface area contributed by atoms with Gasteiger partial charge in [0.05, 0.1) is 47.9 Å². The van der Waals surface area contributed by atoms with Gasteiger partial charge < -0.3 is 0 Å². The van der Waals surface area contributed by atoms with Crippen molar-refractivity contribution in [2.75, 3.05) is 0 Å². The van der Waals surface area contributed by atoms with Crippen molar-refractivity contribution in [1.29, 1.82) is 0 Å². The van der Waals surface area contributed by atoms with Crippen LogP contribution in [0.3, 0.4) is 0 Å². The first-order valence-corrected chi connectivity index (χ1v) is 10.3. The number of aromatic nitrogens is 6. The second-order valence-electron chi connectivity index (χ2n) is 8.03. The molecule has 0 aliphatic heterocycles. The fourth-order valence-corrected chi connectivity index (χ4v) is 4.55. The average Bonchev–Trinajstić information content (AvgIpc) is 3.52. The summed E-state index contributed by atoms with van der Waals surface area (Å²) in [6, 6.07) is 12.7. The molecule has 0 unspecified atom stereocenters. The van der Waals surface area contributed by atoms with Crippen molar-refractivity contribution in [2.45, 2.75) is 0 Å². The Balaban J connectivity index is 1.75. The Morgan fingerprint density at radius 1 is 0.500 bits per heavy atom. The molecule has 7 rings (SSSR count). The molecule has 15 nitrogen and oxygen atoms in total. The number of hydrogen-bond donors (Lipinski definition) is 0. The Bertz CT molecular complexity index is 1880. The lowest BCUT2D eigenvalue weighted by Crippen LogP contribution is -2.04. The number of rotatable bonds is 3. The van der Waals surface area contributed by atoms with Gasteiger partial charge in [0.1, 0.15) is 0 Å². The van der Waals surface area contributed by atoms with Crippen LogP contribution in [0.25, 0.3) is 50.4 Å². The van der Waals surface area contributed by atoms with Crippen LogP contribution < -0.4 is 0 Å². The zero-order valence-electron chi connectivity index (χ0n) is 17.7. The summed E-state index contributed by atoms with van der Waals surface area (Å²) < 4.78 is 5.00. The molecule has 0 aliphatic rings. The van der Waals surface area contributed by atoms with Crippen LogP contribution in [-0.4, -0.2) is 42.9 Å². The van der Waals surface area contributed by atoms with Crippen molar-refractivity contribution in [3.8, 4) is 0 Å². The standard InChI is InChI=1S/C21H9N9O6/c31-28(32)10-1-4-16-13(7-10)22-19-25(16)20-23-14-8-11(29(33)34)2-5-17(14)27(20)21-24-15-9-12(30(35)36)3-6-18(15)26(19)21/h1-9H. The van der Waals surface area contributed by atoms with Gasteiger partial charge >= 0.3 is 0 Å². The highest BCUT2D eigenvalue weighted by Gasteiger charge is 2.23. The molecular weight excluding hydrogens is 474 g/mol. The third-order valence-corrected chi connectivity index (χ3v) is 6.09. The molecule has 3 aromatic carbocycles.